The first kappa shape index (κ1) is 27.3. The molecule has 0 heterocycles. The summed E-state index contributed by atoms with van der Waals surface area (Å²) in [5.41, 5.74) is 1.84. The van der Waals surface area contributed by atoms with Crippen LogP contribution >= 0.6 is 24.0 Å². The van der Waals surface area contributed by atoms with Crippen molar-refractivity contribution in [2.24, 2.45) is 4.99 Å². The van der Waals surface area contributed by atoms with E-state index in [4.69, 9.17) is 28.4 Å². The highest BCUT2D eigenvalue weighted by Gasteiger charge is 2.14. The smallest absolute Gasteiger partial charge is 0.203 e. The largest absolute Gasteiger partial charge is 0.496 e. The Kier molecular flexibility index (Phi) is 11.6. The van der Waals surface area contributed by atoms with Crippen LogP contribution in [0.15, 0.2) is 29.3 Å². The molecular weight excluding hydrogens is 529 g/mol. The monoisotopic (exact) mass is 561 g/mol. The number of rotatable bonds is 10. The lowest BCUT2D eigenvalue weighted by Crippen LogP contribution is -2.36. The highest BCUT2D eigenvalue weighted by Crippen LogP contribution is 2.38. The van der Waals surface area contributed by atoms with Crippen molar-refractivity contribution >= 4 is 29.9 Å². The average molecular weight is 561 g/mol. The second-order valence-corrected chi connectivity index (χ2v) is 6.33. The Morgan fingerprint density at radius 3 is 1.62 bits per heavy atom. The number of nitrogens with zero attached hydrogens (tertiary/aromatic N) is 1. The van der Waals surface area contributed by atoms with Gasteiger partial charge in [-0.05, 0) is 23.8 Å². The number of nitrogens with one attached hydrogen (secondary N) is 2. The maximum Gasteiger partial charge on any atom is 0.203 e. The van der Waals surface area contributed by atoms with Gasteiger partial charge in [-0.1, -0.05) is 0 Å². The summed E-state index contributed by atoms with van der Waals surface area (Å²) in [6.07, 6.45) is 0. The fraction of sp³-hybridized carbons (Fsp3) is 0.409. The molecule has 2 N–H and O–H groups in total. The Bertz CT molecular complexity index is 882. The lowest BCUT2D eigenvalue weighted by Gasteiger charge is -2.17. The zero-order chi connectivity index (χ0) is 22.8. The Labute approximate surface area is 206 Å². The predicted molar refractivity (Wildman–Crippen MR) is 135 cm³/mol. The molecule has 32 heavy (non-hydrogen) atoms. The number of guanidine groups is 1. The Morgan fingerprint density at radius 2 is 1.16 bits per heavy atom. The van der Waals surface area contributed by atoms with Gasteiger partial charge in [-0.2, -0.15) is 0 Å². The van der Waals surface area contributed by atoms with Crippen molar-refractivity contribution in [1.29, 1.82) is 0 Å². The number of ether oxygens (including phenoxy) is 6. The third kappa shape index (κ3) is 6.62. The van der Waals surface area contributed by atoms with E-state index < -0.39 is 0 Å². The maximum absolute atomic E-state index is 5.48. The van der Waals surface area contributed by atoms with Crippen LogP contribution < -0.4 is 39.1 Å². The maximum atomic E-state index is 5.48. The molecule has 0 saturated carbocycles. The van der Waals surface area contributed by atoms with Gasteiger partial charge in [-0.3, -0.25) is 4.99 Å². The van der Waals surface area contributed by atoms with E-state index in [1.807, 2.05) is 18.2 Å². The molecular formula is C22H32IN3O6. The van der Waals surface area contributed by atoms with Gasteiger partial charge in [0.05, 0.1) is 42.7 Å². The molecule has 0 atom stereocenters. The van der Waals surface area contributed by atoms with Crippen molar-refractivity contribution in [3.8, 4) is 34.5 Å². The molecule has 0 spiro atoms. The van der Waals surface area contributed by atoms with Gasteiger partial charge in [0, 0.05) is 31.8 Å². The summed E-state index contributed by atoms with van der Waals surface area (Å²) in [4.78, 5) is 4.28. The molecule has 0 amide bonds. The van der Waals surface area contributed by atoms with Crippen LogP contribution in [0, 0.1) is 0 Å². The van der Waals surface area contributed by atoms with Gasteiger partial charge < -0.3 is 39.1 Å². The molecule has 10 heteroatoms. The molecule has 0 fully saturated rings. The molecule has 2 rings (SSSR count). The van der Waals surface area contributed by atoms with Gasteiger partial charge in [0.15, 0.2) is 29.0 Å². The zero-order valence-electron chi connectivity index (χ0n) is 19.5. The van der Waals surface area contributed by atoms with Crippen molar-refractivity contribution in [3.05, 3.63) is 35.4 Å². The van der Waals surface area contributed by atoms with E-state index in [1.165, 1.54) is 0 Å². The highest BCUT2D eigenvalue weighted by atomic mass is 127. The lowest BCUT2D eigenvalue weighted by atomic mass is 10.1. The molecule has 0 radical (unpaired) electrons. The number of aliphatic imine (C=N–C) groups is 1. The van der Waals surface area contributed by atoms with Gasteiger partial charge in [-0.15, -0.1) is 24.0 Å². The highest BCUT2D eigenvalue weighted by molar-refractivity contribution is 14.0. The lowest BCUT2D eigenvalue weighted by molar-refractivity contribution is 0.323. The van der Waals surface area contributed by atoms with E-state index in [9.17, 15) is 0 Å². The van der Waals surface area contributed by atoms with Crippen LogP contribution in [0.1, 0.15) is 11.1 Å². The van der Waals surface area contributed by atoms with Crippen molar-refractivity contribution in [1.82, 2.24) is 10.6 Å². The zero-order valence-corrected chi connectivity index (χ0v) is 21.9. The van der Waals surface area contributed by atoms with Crippen LogP contribution in [0.4, 0.5) is 0 Å². The van der Waals surface area contributed by atoms with Gasteiger partial charge in [0.2, 0.25) is 5.75 Å². The molecule has 0 unspecified atom stereocenters. The first-order valence-electron chi connectivity index (χ1n) is 9.57. The Balaban J connectivity index is 0.00000512. The van der Waals surface area contributed by atoms with Crippen molar-refractivity contribution in [2.75, 3.05) is 49.7 Å². The van der Waals surface area contributed by atoms with Crippen LogP contribution in [-0.2, 0) is 13.1 Å². The Morgan fingerprint density at radius 1 is 0.656 bits per heavy atom. The molecule has 0 bridgehead atoms. The minimum absolute atomic E-state index is 0. The van der Waals surface area contributed by atoms with Crippen molar-refractivity contribution in [3.63, 3.8) is 0 Å². The first-order valence-corrected chi connectivity index (χ1v) is 9.57. The van der Waals surface area contributed by atoms with Crippen molar-refractivity contribution < 1.29 is 28.4 Å². The fourth-order valence-corrected chi connectivity index (χ4v) is 3.05. The van der Waals surface area contributed by atoms with Crippen LogP contribution in [0.2, 0.25) is 0 Å². The number of hydrogen-bond acceptors (Lipinski definition) is 7. The standard InChI is InChI=1S/C22H31N3O6.HI/c1-23-22(24-12-14-8-19(29-5)21(31-7)20(9-14)30-6)25-13-15-10-17(27-3)18(28-4)11-16(15)26-2;/h8-11H,12-13H2,1-7H3,(H2,23,24,25);1H. The molecule has 9 nitrogen and oxygen atoms in total. The topological polar surface area (TPSA) is 91.8 Å². The van der Waals surface area contributed by atoms with Crippen LogP contribution in [0.25, 0.3) is 0 Å². The first-order chi connectivity index (χ1) is 15.0. The molecule has 0 saturated heterocycles. The van der Waals surface area contributed by atoms with E-state index in [0.717, 1.165) is 11.1 Å². The van der Waals surface area contributed by atoms with Gasteiger partial charge in [-0.25, -0.2) is 0 Å². The van der Waals surface area contributed by atoms with E-state index in [1.54, 1.807) is 55.8 Å². The van der Waals surface area contributed by atoms with Crippen LogP contribution in [0.3, 0.4) is 0 Å². The second kappa shape index (κ2) is 13.6. The number of benzene rings is 2. The van der Waals surface area contributed by atoms with E-state index in [2.05, 4.69) is 15.6 Å². The summed E-state index contributed by atoms with van der Waals surface area (Å²) in [7, 11) is 11.3. The molecule has 178 valence electrons. The number of halogens is 1. The minimum Gasteiger partial charge on any atom is -0.496 e. The van der Waals surface area contributed by atoms with Gasteiger partial charge in [0.25, 0.3) is 0 Å². The average Bonchev–Trinajstić information content (AvgIpc) is 2.82. The van der Waals surface area contributed by atoms with Crippen molar-refractivity contribution in [2.45, 2.75) is 13.1 Å². The Hall–Kier alpha value is -2.76. The summed E-state index contributed by atoms with van der Waals surface area (Å²) in [6.45, 7) is 0.970. The molecule has 2 aromatic rings. The normalized spacial score (nSPS) is 10.5. The molecule has 0 aliphatic carbocycles. The van der Waals surface area contributed by atoms with Gasteiger partial charge in [0.1, 0.15) is 5.75 Å². The third-order valence-corrected chi connectivity index (χ3v) is 4.64. The van der Waals surface area contributed by atoms with Gasteiger partial charge >= 0.3 is 0 Å². The van der Waals surface area contributed by atoms with Crippen LogP contribution in [0.5, 0.6) is 34.5 Å². The summed E-state index contributed by atoms with van der Waals surface area (Å²) in [5.74, 6) is 4.27. The van der Waals surface area contributed by atoms with E-state index in [-0.39, 0.29) is 24.0 Å². The molecule has 0 aliphatic rings. The molecule has 0 aliphatic heterocycles. The summed E-state index contributed by atoms with van der Waals surface area (Å²) in [5, 5.41) is 6.55. The minimum atomic E-state index is 0. The quantitative estimate of drug-likeness (QED) is 0.260. The summed E-state index contributed by atoms with van der Waals surface area (Å²) in [6, 6.07) is 7.44. The van der Waals surface area contributed by atoms with E-state index in [0.29, 0.717) is 53.5 Å². The van der Waals surface area contributed by atoms with E-state index >= 15 is 0 Å². The second-order valence-electron chi connectivity index (χ2n) is 6.33. The number of methoxy groups -OCH3 is 6. The summed E-state index contributed by atoms with van der Waals surface area (Å²) >= 11 is 0. The fourth-order valence-electron chi connectivity index (χ4n) is 3.05. The molecule has 2 aromatic carbocycles. The predicted octanol–water partition coefficient (Wildman–Crippen LogP) is 3.22. The van der Waals surface area contributed by atoms with Crippen LogP contribution in [-0.4, -0.2) is 55.7 Å². The number of hydrogen-bond donors (Lipinski definition) is 2. The SMILES string of the molecule is CN=C(NCc1cc(OC)c(OC)c(OC)c1)NCc1cc(OC)c(OC)cc1OC.I. The summed E-state index contributed by atoms with van der Waals surface area (Å²) < 4.78 is 32.4. The molecule has 0 aromatic heterocycles. The third-order valence-electron chi connectivity index (χ3n) is 4.64.